The number of anilines is 1. The Morgan fingerprint density at radius 3 is 3.08 bits per heavy atom. The lowest BCUT2D eigenvalue weighted by Crippen LogP contribution is -2.02. The van der Waals surface area contributed by atoms with Crippen LogP contribution in [0, 0.1) is 0 Å². The molecule has 1 rings (SSSR count). The molecule has 0 bridgehead atoms. The average molecular weight is 168 g/mol. The Morgan fingerprint density at radius 1 is 1.58 bits per heavy atom. The van der Waals surface area contributed by atoms with E-state index >= 15 is 0 Å². The minimum atomic E-state index is 0.599. The average Bonchev–Trinajstić information content (AvgIpc) is 2.09. The molecule has 0 aliphatic carbocycles. The van der Waals surface area contributed by atoms with Crippen LogP contribution in [0.3, 0.4) is 0 Å². The standard InChI is InChI=1S/C8H12N2O2/c1-3-12-7-5-4-6-9-8(7)10-11-2/h4-6H,3H2,1-2H3,(H,9,10). The first kappa shape index (κ1) is 8.80. The van der Waals surface area contributed by atoms with E-state index < -0.39 is 0 Å². The molecule has 0 spiro atoms. The van der Waals surface area contributed by atoms with E-state index in [9.17, 15) is 0 Å². The minimum Gasteiger partial charge on any atom is -0.490 e. The zero-order chi connectivity index (χ0) is 8.81. The first-order valence-electron chi connectivity index (χ1n) is 3.75. The third-order valence-corrected chi connectivity index (χ3v) is 1.27. The van der Waals surface area contributed by atoms with Crippen molar-refractivity contribution in [2.24, 2.45) is 0 Å². The maximum atomic E-state index is 5.28. The molecule has 4 nitrogen and oxygen atoms in total. The molecule has 0 radical (unpaired) electrons. The van der Waals surface area contributed by atoms with Crippen LogP contribution in [-0.2, 0) is 4.84 Å². The molecule has 12 heavy (non-hydrogen) atoms. The predicted molar refractivity (Wildman–Crippen MR) is 46.0 cm³/mol. The van der Waals surface area contributed by atoms with Gasteiger partial charge in [0.05, 0.1) is 13.7 Å². The minimum absolute atomic E-state index is 0.599. The van der Waals surface area contributed by atoms with Crippen LogP contribution in [0.2, 0.25) is 0 Å². The van der Waals surface area contributed by atoms with Gasteiger partial charge in [-0.25, -0.2) is 10.5 Å². The normalized spacial score (nSPS) is 9.50. The van der Waals surface area contributed by atoms with Crippen molar-refractivity contribution in [2.45, 2.75) is 6.92 Å². The molecule has 66 valence electrons. The van der Waals surface area contributed by atoms with E-state index in [1.54, 1.807) is 6.20 Å². The highest BCUT2D eigenvalue weighted by Crippen LogP contribution is 2.19. The maximum Gasteiger partial charge on any atom is 0.192 e. The maximum absolute atomic E-state index is 5.28. The topological polar surface area (TPSA) is 43.4 Å². The Hall–Kier alpha value is -1.29. The van der Waals surface area contributed by atoms with Gasteiger partial charge in [0.1, 0.15) is 0 Å². The van der Waals surface area contributed by atoms with Crippen molar-refractivity contribution in [2.75, 3.05) is 19.2 Å². The third-order valence-electron chi connectivity index (χ3n) is 1.27. The number of hydrogen-bond acceptors (Lipinski definition) is 4. The molecule has 0 amide bonds. The number of rotatable bonds is 4. The lowest BCUT2D eigenvalue weighted by Gasteiger charge is -2.08. The van der Waals surface area contributed by atoms with Crippen molar-refractivity contribution >= 4 is 5.82 Å². The Morgan fingerprint density at radius 2 is 2.42 bits per heavy atom. The summed E-state index contributed by atoms with van der Waals surface area (Å²) in [6.07, 6.45) is 1.67. The van der Waals surface area contributed by atoms with Crippen LogP contribution in [0.5, 0.6) is 5.75 Å². The van der Waals surface area contributed by atoms with Gasteiger partial charge in [0.15, 0.2) is 11.6 Å². The van der Waals surface area contributed by atoms with E-state index in [1.165, 1.54) is 7.11 Å². The van der Waals surface area contributed by atoms with E-state index in [2.05, 4.69) is 10.5 Å². The fraction of sp³-hybridized carbons (Fsp3) is 0.375. The third kappa shape index (κ3) is 2.10. The number of pyridine rings is 1. The van der Waals surface area contributed by atoms with Gasteiger partial charge in [0, 0.05) is 6.20 Å². The summed E-state index contributed by atoms with van der Waals surface area (Å²) >= 11 is 0. The molecule has 1 N–H and O–H groups in total. The van der Waals surface area contributed by atoms with Crippen molar-refractivity contribution in [1.29, 1.82) is 0 Å². The van der Waals surface area contributed by atoms with E-state index in [1.807, 2.05) is 19.1 Å². The lowest BCUT2D eigenvalue weighted by atomic mass is 10.4. The summed E-state index contributed by atoms with van der Waals surface area (Å²) in [7, 11) is 1.53. The number of hydrogen-bond donors (Lipinski definition) is 1. The summed E-state index contributed by atoms with van der Waals surface area (Å²) in [5, 5.41) is 0. The monoisotopic (exact) mass is 168 g/mol. The smallest absolute Gasteiger partial charge is 0.192 e. The van der Waals surface area contributed by atoms with Gasteiger partial charge >= 0.3 is 0 Å². The van der Waals surface area contributed by atoms with Crippen molar-refractivity contribution in [3.05, 3.63) is 18.3 Å². The number of nitrogens with zero attached hydrogens (tertiary/aromatic N) is 1. The molecule has 0 aliphatic rings. The van der Waals surface area contributed by atoms with Gasteiger partial charge in [-0.2, -0.15) is 0 Å². The van der Waals surface area contributed by atoms with Gasteiger partial charge in [0.25, 0.3) is 0 Å². The SMILES string of the molecule is CCOc1cccnc1NOC. The highest BCUT2D eigenvalue weighted by Gasteiger charge is 2.01. The first-order chi connectivity index (χ1) is 5.88. The van der Waals surface area contributed by atoms with Gasteiger partial charge in [-0.1, -0.05) is 0 Å². The van der Waals surface area contributed by atoms with Crippen LogP contribution in [0.1, 0.15) is 6.92 Å². The Balaban J connectivity index is 2.77. The molecule has 0 unspecified atom stereocenters. The number of aromatic nitrogens is 1. The first-order valence-corrected chi connectivity index (χ1v) is 3.75. The van der Waals surface area contributed by atoms with E-state index in [-0.39, 0.29) is 0 Å². The van der Waals surface area contributed by atoms with Gasteiger partial charge in [-0.05, 0) is 19.1 Å². The Kier molecular flexibility index (Phi) is 3.35. The van der Waals surface area contributed by atoms with Crippen LogP contribution in [0.15, 0.2) is 18.3 Å². The van der Waals surface area contributed by atoms with Crippen molar-refractivity contribution in [3.8, 4) is 5.75 Å². The van der Waals surface area contributed by atoms with Crippen LogP contribution in [-0.4, -0.2) is 18.7 Å². The summed E-state index contributed by atoms with van der Waals surface area (Å²) in [6, 6.07) is 3.64. The molecule has 4 heteroatoms. The van der Waals surface area contributed by atoms with Crippen molar-refractivity contribution in [3.63, 3.8) is 0 Å². The van der Waals surface area contributed by atoms with Crippen LogP contribution in [0.4, 0.5) is 5.82 Å². The molecular formula is C8H12N2O2. The van der Waals surface area contributed by atoms with E-state index in [0.717, 1.165) is 0 Å². The van der Waals surface area contributed by atoms with Gasteiger partial charge in [-0.15, -0.1) is 0 Å². The molecule has 0 aromatic carbocycles. The fourth-order valence-corrected chi connectivity index (χ4v) is 0.836. The fourth-order valence-electron chi connectivity index (χ4n) is 0.836. The highest BCUT2D eigenvalue weighted by atomic mass is 16.6. The molecule has 0 atom stereocenters. The zero-order valence-electron chi connectivity index (χ0n) is 7.20. The summed E-state index contributed by atoms with van der Waals surface area (Å²) in [5.41, 5.74) is 2.62. The highest BCUT2D eigenvalue weighted by molar-refractivity contribution is 5.47. The molecule has 1 aromatic heterocycles. The van der Waals surface area contributed by atoms with Gasteiger partial charge < -0.3 is 4.74 Å². The van der Waals surface area contributed by atoms with Crippen LogP contribution < -0.4 is 10.2 Å². The lowest BCUT2D eigenvalue weighted by molar-refractivity contribution is 0.263. The second kappa shape index (κ2) is 4.56. The molecule has 0 saturated heterocycles. The van der Waals surface area contributed by atoms with Crippen molar-refractivity contribution in [1.82, 2.24) is 4.98 Å². The Bertz CT molecular complexity index is 215. The van der Waals surface area contributed by atoms with Crippen LogP contribution in [0.25, 0.3) is 0 Å². The molecule has 0 fully saturated rings. The van der Waals surface area contributed by atoms with Gasteiger partial charge in [-0.3, -0.25) is 4.84 Å². The van der Waals surface area contributed by atoms with Gasteiger partial charge in [0.2, 0.25) is 0 Å². The number of nitrogens with one attached hydrogen (secondary N) is 1. The molecule has 1 aromatic rings. The van der Waals surface area contributed by atoms with E-state index in [0.29, 0.717) is 18.2 Å². The molecular weight excluding hydrogens is 156 g/mol. The zero-order valence-corrected chi connectivity index (χ0v) is 7.20. The molecule has 0 saturated carbocycles. The summed E-state index contributed by atoms with van der Waals surface area (Å²) < 4.78 is 5.28. The number of ether oxygens (including phenoxy) is 1. The summed E-state index contributed by atoms with van der Waals surface area (Å²) in [4.78, 5) is 8.75. The predicted octanol–water partition coefficient (Wildman–Crippen LogP) is 1.45. The summed E-state index contributed by atoms with van der Waals surface area (Å²) in [5.74, 6) is 1.30. The van der Waals surface area contributed by atoms with E-state index in [4.69, 9.17) is 9.57 Å². The Labute approximate surface area is 71.5 Å². The van der Waals surface area contributed by atoms with Crippen LogP contribution >= 0.6 is 0 Å². The second-order valence-electron chi connectivity index (χ2n) is 2.09. The molecule has 0 aliphatic heterocycles. The van der Waals surface area contributed by atoms with Crippen molar-refractivity contribution < 1.29 is 9.57 Å². The summed E-state index contributed by atoms with van der Waals surface area (Å²) in [6.45, 7) is 2.54. The quantitative estimate of drug-likeness (QED) is 0.691. The molecule has 1 heterocycles. The largest absolute Gasteiger partial charge is 0.490 e. The second-order valence-corrected chi connectivity index (χ2v) is 2.09.